The Labute approximate surface area is 99.3 Å². The molecular formula is C12H15N3O2. The van der Waals surface area contributed by atoms with Gasteiger partial charge in [-0.15, -0.1) is 0 Å². The van der Waals surface area contributed by atoms with E-state index < -0.39 is 5.97 Å². The second kappa shape index (κ2) is 3.68. The van der Waals surface area contributed by atoms with Gasteiger partial charge in [0.1, 0.15) is 0 Å². The molecule has 0 aliphatic heterocycles. The smallest absolute Gasteiger partial charge is 0.358 e. The fourth-order valence-corrected chi connectivity index (χ4v) is 2.47. The van der Waals surface area contributed by atoms with Crippen LogP contribution in [0.2, 0.25) is 0 Å². The highest BCUT2D eigenvalue weighted by Gasteiger charge is 2.53. The SMILES string of the molecule is O=C(O)c1nccnc1NCC1(C2CC2)CC1. The zero-order chi connectivity index (χ0) is 11.9. The van der Waals surface area contributed by atoms with E-state index in [0.29, 0.717) is 11.2 Å². The van der Waals surface area contributed by atoms with Gasteiger partial charge in [-0.05, 0) is 37.0 Å². The van der Waals surface area contributed by atoms with Crippen molar-refractivity contribution in [3.05, 3.63) is 18.1 Å². The Morgan fingerprint density at radius 1 is 1.41 bits per heavy atom. The predicted molar refractivity (Wildman–Crippen MR) is 61.9 cm³/mol. The molecule has 0 aromatic carbocycles. The highest BCUT2D eigenvalue weighted by molar-refractivity contribution is 5.90. The molecule has 0 radical (unpaired) electrons. The number of carboxylic acid groups (broad SMARTS) is 1. The van der Waals surface area contributed by atoms with Gasteiger partial charge >= 0.3 is 5.97 Å². The molecule has 1 heterocycles. The van der Waals surface area contributed by atoms with Crippen LogP contribution >= 0.6 is 0 Å². The van der Waals surface area contributed by atoms with Crippen molar-refractivity contribution >= 4 is 11.8 Å². The van der Waals surface area contributed by atoms with E-state index in [2.05, 4.69) is 15.3 Å². The maximum atomic E-state index is 11.0. The largest absolute Gasteiger partial charge is 0.476 e. The van der Waals surface area contributed by atoms with Crippen LogP contribution in [0.1, 0.15) is 36.2 Å². The van der Waals surface area contributed by atoms with E-state index >= 15 is 0 Å². The normalized spacial score (nSPS) is 20.9. The van der Waals surface area contributed by atoms with Gasteiger partial charge in [0.25, 0.3) is 0 Å². The van der Waals surface area contributed by atoms with Crippen molar-refractivity contribution in [1.29, 1.82) is 0 Å². The van der Waals surface area contributed by atoms with Crippen LogP contribution in [0.25, 0.3) is 0 Å². The number of rotatable bonds is 5. The van der Waals surface area contributed by atoms with Gasteiger partial charge in [0.15, 0.2) is 11.5 Å². The van der Waals surface area contributed by atoms with E-state index in [0.717, 1.165) is 12.5 Å². The second-order valence-corrected chi connectivity index (χ2v) is 5.05. The summed E-state index contributed by atoms with van der Waals surface area (Å²) >= 11 is 0. The van der Waals surface area contributed by atoms with Crippen LogP contribution in [0.5, 0.6) is 0 Å². The highest BCUT2D eigenvalue weighted by Crippen LogP contribution is 2.61. The fourth-order valence-electron chi connectivity index (χ4n) is 2.47. The van der Waals surface area contributed by atoms with Gasteiger partial charge in [-0.1, -0.05) is 0 Å². The van der Waals surface area contributed by atoms with Crippen molar-refractivity contribution in [2.75, 3.05) is 11.9 Å². The van der Waals surface area contributed by atoms with Crippen LogP contribution in [0.15, 0.2) is 12.4 Å². The summed E-state index contributed by atoms with van der Waals surface area (Å²) < 4.78 is 0. The molecule has 0 saturated heterocycles. The van der Waals surface area contributed by atoms with Gasteiger partial charge < -0.3 is 10.4 Å². The average Bonchev–Trinajstić information content (AvgIpc) is 3.17. The predicted octanol–water partition coefficient (Wildman–Crippen LogP) is 1.78. The first kappa shape index (κ1) is 10.5. The van der Waals surface area contributed by atoms with Gasteiger partial charge in [0.05, 0.1) is 0 Å². The highest BCUT2D eigenvalue weighted by atomic mass is 16.4. The van der Waals surface area contributed by atoms with Crippen LogP contribution in [-0.2, 0) is 0 Å². The molecule has 5 heteroatoms. The van der Waals surface area contributed by atoms with E-state index in [1.54, 1.807) is 0 Å². The summed E-state index contributed by atoms with van der Waals surface area (Å²) in [6, 6.07) is 0. The molecular weight excluding hydrogens is 218 g/mol. The molecule has 2 N–H and O–H groups in total. The molecule has 0 spiro atoms. The molecule has 17 heavy (non-hydrogen) atoms. The second-order valence-electron chi connectivity index (χ2n) is 5.05. The minimum absolute atomic E-state index is 0.0131. The monoisotopic (exact) mass is 233 g/mol. The number of aromatic nitrogens is 2. The number of hydrogen-bond donors (Lipinski definition) is 2. The Morgan fingerprint density at radius 2 is 2.12 bits per heavy atom. The van der Waals surface area contributed by atoms with Crippen molar-refractivity contribution in [2.24, 2.45) is 11.3 Å². The Balaban J connectivity index is 1.70. The van der Waals surface area contributed by atoms with Crippen LogP contribution in [-0.4, -0.2) is 27.6 Å². The Bertz CT molecular complexity index is 453. The molecule has 90 valence electrons. The number of anilines is 1. The Kier molecular flexibility index (Phi) is 2.28. The fraction of sp³-hybridized carbons (Fsp3) is 0.583. The lowest BCUT2D eigenvalue weighted by molar-refractivity contribution is 0.0691. The zero-order valence-corrected chi connectivity index (χ0v) is 9.52. The number of nitrogens with zero attached hydrogens (tertiary/aromatic N) is 2. The molecule has 1 aromatic rings. The summed E-state index contributed by atoms with van der Waals surface area (Å²) in [7, 11) is 0. The van der Waals surface area contributed by atoms with E-state index in [9.17, 15) is 4.79 Å². The van der Waals surface area contributed by atoms with E-state index in [1.807, 2.05) is 0 Å². The standard InChI is InChI=1S/C12H15N3O2/c16-11(17)9-10(14-6-5-13-9)15-7-12(3-4-12)8-1-2-8/h5-6,8H,1-4,7H2,(H,14,15)(H,16,17). The molecule has 2 saturated carbocycles. The third kappa shape index (κ3) is 1.97. The van der Waals surface area contributed by atoms with Crippen molar-refractivity contribution in [1.82, 2.24) is 9.97 Å². The summed E-state index contributed by atoms with van der Waals surface area (Å²) in [5.74, 6) is 0.212. The molecule has 5 nitrogen and oxygen atoms in total. The molecule has 0 amide bonds. The third-order valence-corrected chi connectivity index (χ3v) is 3.84. The van der Waals surface area contributed by atoms with Crippen LogP contribution in [0.3, 0.4) is 0 Å². The van der Waals surface area contributed by atoms with Gasteiger partial charge in [0.2, 0.25) is 0 Å². The quantitative estimate of drug-likeness (QED) is 0.810. The summed E-state index contributed by atoms with van der Waals surface area (Å²) in [5.41, 5.74) is 0.437. The Hall–Kier alpha value is -1.65. The first-order valence-corrected chi connectivity index (χ1v) is 5.99. The minimum atomic E-state index is -1.03. The van der Waals surface area contributed by atoms with Crippen molar-refractivity contribution in [2.45, 2.75) is 25.7 Å². The summed E-state index contributed by atoms with van der Waals surface area (Å²) in [6.07, 6.45) is 8.09. The lowest BCUT2D eigenvalue weighted by atomic mass is 10.0. The number of hydrogen-bond acceptors (Lipinski definition) is 4. The van der Waals surface area contributed by atoms with Crippen LogP contribution in [0.4, 0.5) is 5.82 Å². The van der Waals surface area contributed by atoms with Gasteiger partial charge in [0, 0.05) is 18.9 Å². The molecule has 0 atom stereocenters. The van der Waals surface area contributed by atoms with Crippen LogP contribution in [0, 0.1) is 11.3 Å². The molecule has 3 rings (SSSR count). The molecule has 0 unspecified atom stereocenters. The number of aromatic carboxylic acids is 1. The topological polar surface area (TPSA) is 75.1 Å². The summed E-state index contributed by atoms with van der Waals surface area (Å²) in [4.78, 5) is 18.9. The first-order valence-electron chi connectivity index (χ1n) is 5.99. The molecule has 0 bridgehead atoms. The summed E-state index contributed by atoms with van der Waals surface area (Å²) in [5, 5.41) is 12.2. The van der Waals surface area contributed by atoms with Gasteiger partial charge in [-0.3, -0.25) is 0 Å². The maximum Gasteiger partial charge on any atom is 0.358 e. The van der Waals surface area contributed by atoms with Crippen LogP contribution < -0.4 is 5.32 Å². The number of carbonyl (C=O) groups is 1. The minimum Gasteiger partial charge on any atom is -0.476 e. The first-order chi connectivity index (χ1) is 8.21. The van der Waals surface area contributed by atoms with Crippen molar-refractivity contribution < 1.29 is 9.90 Å². The lowest BCUT2D eigenvalue weighted by Gasteiger charge is -2.15. The lowest BCUT2D eigenvalue weighted by Crippen LogP contribution is -2.20. The van der Waals surface area contributed by atoms with Gasteiger partial charge in [-0.25, -0.2) is 14.8 Å². The number of carboxylic acids is 1. The maximum absolute atomic E-state index is 11.0. The van der Waals surface area contributed by atoms with E-state index in [-0.39, 0.29) is 5.69 Å². The van der Waals surface area contributed by atoms with E-state index in [4.69, 9.17) is 5.11 Å². The average molecular weight is 233 g/mol. The molecule has 1 aromatic heterocycles. The Morgan fingerprint density at radius 3 is 2.71 bits per heavy atom. The molecule has 2 fully saturated rings. The van der Waals surface area contributed by atoms with Crippen molar-refractivity contribution in [3.8, 4) is 0 Å². The zero-order valence-electron chi connectivity index (χ0n) is 9.52. The summed E-state index contributed by atoms with van der Waals surface area (Å²) in [6.45, 7) is 0.830. The number of nitrogens with one attached hydrogen (secondary N) is 1. The third-order valence-electron chi connectivity index (χ3n) is 3.84. The molecule has 2 aliphatic carbocycles. The van der Waals surface area contributed by atoms with Gasteiger partial charge in [-0.2, -0.15) is 0 Å². The van der Waals surface area contributed by atoms with E-state index in [1.165, 1.54) is 38.1 Å². The van der Waals surface area contributed by atoms with Crippen molar-refractivity contribution in [3.63, 3.8) is 0 Å². The molecule has 2 aliphatic rings.